The van der Waals surface area contributed by atoms with Gasteiger partial charge in [0.15, 0.2) is 0 Å². The van der Waals surface area contributed by atoms with E-state index in [1.54, 1.807) is 0 Å². The summed E-state index contributed by atoms with van der Waals surface area (Å²) in [5, 5.41) is 0. The predicted molar refractivity (Wildman–Crippen MR) is 179 cm³/mol. The molecule has 0 aliphatic carbocycles. The van der Waals surface area contributed by atoms with E-state index in [2.05, 4.69) is 86.8 Å². The summed E-state index contributed by atoms with van der Waals surface area (Å²) in [7, 11) is -0.773. The Morgan fingerprint density at radius 1 is 0.359 bits per heavy atom. The van der Waals surface area contributed by atoms with Gasteiger partial charge in [0.1, 0.15) is 0 Å². The van der Waals surface area contributed by atoms with Crippen LogP contribution in [0.25, 0.3) is 0 Å². The average Bonchev–Trinajstić information content (AvgIpc) is 2.95. The van der Waals surface area contributed by atoms with Crippen LogP contribution in [0, 0.1) is 0 Å². The highest BCUT2D eigenvalue weighted by Gasteiger charge is 1.93. The third-order valence-corrected chi connectivity index (χ3v) is 7.43. The van der Waals surface area contributed by atoms with Gasteiger partial charge in [-0.3, -0.25) is 0 Å². The molecule has 0 aromatic carbocycles. The van der Waals surface area contributed by atoms with Gasteiger partial charge in [0.25, 0.3) is 0 Å². The Morgan fingerprint density at radius 2 is 0.667 bits per heavy atom. The summed E-state index contributed by atoms with van der Waals surface area (Å²) in [4.78, 5) is 0. The molecule has 0 aromatic rings. The molecule has 39 heavy (non-hydrogen) atoms. The summed E-state index contributed by atoms with van der Waals surface area (Å²) in [6.07, 6.45) is 52.0. The number of rotatable bonds is 30. The average molecular weight is 557 g/mol. The smallest absolute Gasteiger partial charge is 0.304 e. The van der Waals surface area contributed by atoms with Gasteiger partial charge in [-0.1, -0.05) is 125 Å². The van der Waals surface area contributed by atoms with Crippen LogP contribution in [0.1, 0.15) is 142 Å². The van der Waals surface area contributed by atoms with Gasteiger partial charge in [0.2, 0.25) is 0 Å². The molecule has 0 rings (SSSR count). The lowest BCUT2D eigenvalue weighted by molar-refractivity contribution is 0.214. The summed E-state index contributed by atoms with van der Waals surface area (Å²) in [6, 6.07) is 0. The van der Waals surface area contributed by atoms with Crippen molar-refractivity contribution < 1.29 is 8.85 Å². The Balaban J connectivity index is 3.26. The molecular weight excluding hydrogens is 492 g/mol. The minimum atomic E-state index is -0.773. The molecule has 224 valence electrons. The Kier molecular flexibility index (Phi) is 35.2. The molecule has 0 spiro atoms. The molecule has 0 heterocycles. The molecule has 0 N–H and O–H groups in total. The highest BCUT2D eigenvalue weighted by molar-refractivity contribution is 6.17. The van der Waals surface area contributed by atoms with Crippen LogP contribution in [-0.4, -0.2) is 23.2 Å². The molecule has 0 fully saturated rings. The van der Waals surface area contributed by atoms with Gasteiger partial charge >= 0.3 is 10.0 Å². The van der Waals surface area contributed by atoms with E-state index < -0.39 is 10.0 Å². The van der Waals surface area contributed by atoms with Crippen LogP contribution in [0.2, 0.25) is 0 Å². The van der Waals surface area contributed by atoms with E-state index >= 15 is 0 Å². The van der Waals surface area contributed by atoms with Gasteiger partial charge in [-0.25, -0.2) is 0 Å². The quantitative estimate of drug-likeness (QED) is 0.0497. The second kappa shape index (κ2) is 36.6. The number of hydrogen-bond acceptors (Lipinski definition) is 2. The van der Waals surface area contributed by atoms with Crippen LogP contribution in [0.4, 0.5) is 0 Å². The van der Waals surface area contributed by atoms with Crippen molar-refractivity contribution in [2.75, 3.05) is 13.2 Å². The molecule has 0 radical (unpaired) electrons. The zero-order chi connectivity index (χ0) is 28.2. The zero-order valence-electron chi connectivity index (χ0n) is 26.0. The maximum atomic E-state index is 5.74. The predicted octanol–water partition coefficient (Wildman–Crippen LogP) is 11.2. The Morgan fingerprint density at radius 3 is 1.00 bits per heavy atom. The molecule has 0 unspecified atom stereocenters. The van der Waals surface area contributed by atoms with Crippen molar-refractivity contribution in [1.29, 1.82) is 0 Å². The van der Waals surface area contributed by atoms with E-state index in [9.17, 15) is 0 Å². The Hall–Kier alpha value is -1.42. The second-order valence-electron chi connectivity index (χ2n) is 10.4. The van der Waals surface area contributed by atoms with Crippen molar-refractivity contribution in [1.82, 2.24) is 0 Å². The van der Waals surface area contributed by atoms with Crippen LogP contribution >= 0.6 is 0 Å². The van der Waals surface area contributed by atoms with Crippen LogP contribution in [0.3, 0.4) is 0 Å². The molecule has 0 saturated heterocycles. The molecule has 2 nitrogen and oxygen atoms in total. The number of unbranched alkanes of at least 4 members (excludes halogenated alkanes) is 12. The number of hydrogen-bond donors (Lipinski definition) is 0. The van der Waals surface area contributed by atoms with Gasteiger partial charge in [-0.05, 0) is 89.9 Å². The fraction of sp³-hybridized carbons (Fsp3) is 0.667. The van der Waals surface area contributed by atoms with Gasteiger partial charge in [-0.2, -0.15) is 0 Å². The topological polar surface area (TPSA) is 18.5 Å². The minimum absolute atomic E-state index is 0.773. The van der Waals surface area contributed by atoms with Crippen LogP contribution in [0.15, 0.2) is 72.9 Å². The lowest BCUT2D eigenvalue weighted by Crippen LogP contribution is -2.07. The monoisotopic (exact) mass is 556 g/mol. The summed E-state index contributed by atoms with van der Waals surface area (Å²) in [6.45, 7) is 6.26. The van der Waals surface area contributed by atoms with Crippen LogP contribution in [0.5, 0.6) is 0 Å². The molecule has 0 bridgehead atoms. The first-order chi connectivity index (χ1) is 19.4. The Labute approximate surface area is 246 Å². The van der Waals surface area contributed by atoms with Crippen LogP contribution < -0.4 is 0 Å². The second-order valence-corrected chi connectivity index (χ2v) is 11.4. The maximum absolute atomic E-state index is 5.74. The fourth-order valence-electron chi connectivity index (χ4n) is 4.04. The van der Waals surface area contributed by atoms with Gasteiger partial charge in [-0.15, -0.1) is 0 Å². The molecule has 0 aromatic heterocycles. The Bertz CT molecular complexity index is 576. The molecule has 0 aliphatic rings. The summed E-state index contributed by atoms with van der Waals surface area (Å²) >= 11 is 0. The minimum Gasteiger partial charge on any atom is -0.399 e. The summed E-state index contributed by atoms with van der Waals surface area (Å²) < 4.78 is 11.5. The van der Waals surface area contributed by atoms with E-state index in [1.807, 2.05) is 0 Å². The van der Waals surface area contributed by atoms with Crippen molar-refractivity contribution in [3.05, 3.63) is 72.9 Å². The first kappa shape index (κ1) is 37.6. The number of allylic oxidation sites excluding steroid dienone is 12. The van der Waals surface area contributed by atoms with E-state index in [4.69, 9.17) is 8.85 Å². The van der Waals surface area contributed by atoms with E-state index in [1.165, 1.54) is 89.9 Å². The van der Waals surface area contributed by atoms with E-state index in [0.29, 0.717) is 0 Å². The third kappa shape index (κ3) is 36.6. The normalized spacial score (nSPS) is 12.8. The van der Waals surface area contributed by atoms with E-state index in [0.717, 1.165) is 51.7 Å². The van der Waals surface area contributed by atoms with Crippen molar-refractivity contribution in [2.24, 2.45) is 0 Å². The maximum Gasteiger partial charge on any atom is 0.304 e. The lowest BCUT2D eigenvalue weighted by Gasteiger charge is -2.05. The molecule has 0 aliphatic heterocycles. The third-order valence-electron chi connectivity index (χ3n) is 6.52. The molecule has 0 saturated carbocycles. The highest BCUT2D eigenvalue weighted by Crippen LogP contribution is 2.05. The molecule has 0 amide bonds. The van der Waals surface area contributed by atoms with Crippen molar-refractivity contribution in [3.8, 4) is 0 Å². The van der Waals surface area contributed by atoms with Crippen molar-refractivity contribution >= 4 is 10.0 Å². The standard InChI is InChI=1S/C36H64O2Si/c1-3-5-7-9-11-13-15-17-19-21-23-25-27-29-31-33-35-37-39-38-36-34-32-30-28-26-24-22-20-18-16-14-12-10-8-6-4-2/h11-14,17-20,23-26H,3-10,15-16,21-22,27-36,39H2,1-2H3/b13-11-,14-12-,19-17-,20-18-,25-23-,26-24-. The molecule has 0 atom stereocenters. The first-order valence-corrected chi connectivity index (χ1v) is 17.6. The molecule has 3 heteroatoms. The first-order valence-electron chi connectivity index (χ1n) is 16.5. The van der Waals surface area contributed by atoms with Crippen molar-refractivity contribution in [2.45, 2.75) is 142 Å². The zero-order valence-corrected chi connectivity index (χ0v) is 27.4. The van der Waals surface area contributed by atoms with Gasteiger partial charge in [0, 0.05) is 13.2 Å². The fourth-order valence-corrected chi connectivity index (χ4v) is 4.80. The molecular formula is C36H64O2Si. The SMILES string of the molecule is CCCCC/C=C\C/C=C\C/C=C\CCCCCO[SiH2]OCCCCC/C=C\C/C=C\C/C=C\CCCCC. The largest absolute Gasteiger partial charge is 0.399 e. The summed E-state index contributed by atoms with van der Waals surface area (Å²) in [5.74, 6) is 0. The lowest BCUT2D eigenvalue weighted by atomic mass is 10.2. The van der Waals surface area contributed by atoms with Crippen LogP contribution in [-0.2, 0) is 8.85 Å². The van der Waals surface area contributed by atoms with E-state index in [-0.39, 0.29) is 0 Å². The van der Waals surface area contributed by atoms with Gasteiger partial charge in [0.05, 0.1) is 0 Å². The summed E-state index contributed by atoms with van der Waals surface area (Å²) in [5.41, 5.74) is 0. The van der Waals surface area contributed by atoms with Crippen molar-refractivity contribution in [3.63, 3.8) is 0 Å². The highest BCUT2D eigenvalue weighted by atomic mass is 28.3. The van der Waals surface area contributed by atoms with Gasteiger partial charge < -0.3 is 8.85 Å².